The molecule has 3 heterocycles. The minimum atomic E-state index is -1.10. The molecule has 10 nitrogen and oxygen atoms in total. The summed E-state index contributed by atoms with van der Waals surface area (Å²) in [6.07, 6.45) is -0.624. The number of para-hydroxylation sites is 3. The fraction of sp³-hybridized carbons (Fsp3) is 0.0385. The number of amidine groups is 2. The van der Waals surface area contributed by atoms with Gasteiger partial charge in [-0.05, 0) is 59.0 Å². The number of nitrogens with one attached hydrogen (secondary N) is 1. The lowest BCUT2D eigenvalue weighted by Gasteiger charge is -2.22. The molecule has 300 valence electrons. The topological polar surface area (TPSA) is 161 Å². The van der Waals surface area contributed by atoms with E-state index in [9.17, 15) is 25.2 Å². The maximum Gasteiger partial charge on any atom is 0.244 e. The Morgan fingerprint density at radius 2 is 1.13 bits per heavy atom. The summed E-state index contributed by atoms with van der Waals surface area (Å²) in [5.74, 6) is -0.673. The van der Waals surface area contributed by atoms with Gasteiger partial charge in [0, 0.05) is 32.7 Å². The van der Waals surface area contributed by atoms with Crippen molar-refractivity contribution in [3.8, 4) is 22.3 Å². The Morgan fingerprint density at radius 1 is 0.548 bits per heavy atom. The minimum Gasteiger partial charge on any atom is -0.509 e. The average Bonchev–Trinajstić information content (AvgIpc) is 3.90. The van der Waals surface area contributed by atoms with Crippen LogP contribution in [0.3, 0.4) is 0 Å². The molecule has 1 atom stereocenters. The number of nitrogens with zero attached hydrogens (tertiary/aromatic N) is 2. The number of benzene rings is 7. The van der Waals surface area contributed by atoms with Crippen molar-refractivity contribution in [1.82, 2.24) is 5.32 Å². The van der Waals surface area contributed by atoms with E-state index < -0.39 is 29.2 Å². The highest BCUT2D eigenvalue weighted by atomic mass is 16.3. The molecule has 0 bridgehead atoms. The van der Waals surface area contributed by atoms with Crippen molar-refractivity contribution >= 4 is 67.1 Å². The summed E-state index contributed by atoms with van der Waals surface area (Å²) in [5, 5.41) is 48.0. The molecule has 62 heavy (non-hydrogen) atoms. The molecular weight excluding hydrogens is 779 g/mol. The zero-order valence-electron chi connectivity index (χ0n) is 33.0. The number of hydrogen-bond donors (Lipinski definition) is 5. The Morgan fingerprint density at radius 3 is 1.85 bits per heavy atom. The van der Waals surface area contributed by atoms with Crippen molar-refractivity contribution in [2.45, 2.75) is 13.1 Å². The van der Waals surface area contributed by atoms with E-state index in [1.165, 1.54) is 12.9 Å². The van der Waals surface area contributed by atoms with Crippen LogP contribution in [0.15, 0.2) is 200 Å². The van der Waals surface area contributed by atoms with Crippen molar-refractivity contribution in [2.75, 3.05) is 0 Å². The second-order valence-electron chi connectivity index (χ2n) is 14.9. The normalized spacial score (nSPS) is 14.8. The molecule has 0 fully saturated rings. The summed E-state index contributed by atoms with van der Waals surface area (Å²) in [7, 11) is 0. The van der Waals surface area contributed by atoms with Gasteiger partial charge in [0.25, 0.3) is 0 Å². The molecule has 10 heteroatoms. The van der Waals surface area contributed by atoms with E-state index in [0.717, 1.165) is 77.2 Å². The van der Waals surface area contributed by atoms with E-state index in [-0.39, 0.29) is 11.1 Å². The van der Waals surface area contributed by atoms with Crippen LogP contribution in [-0.2, 0) is 4.79 Å². The van der Waals surface area contributed by atoms with Crippen LogP contribution >= 0.6 is 0 Å². The molecule has 0 spiro atoms. The molecule has 9 aromatic rings. The first kappa shape index (κ1) is 37.7. The lowest BCUT2D eigenvalue weighted by molar-refractivity contribution is 0.319. The van der Waals surface area contributed by atoms with Gasteiger partial charge in [0.2, 0.25) is 5.76 Å². The van der Waals surface area contributed by atoms with E-state index in [4.69, 9.17) is 18.8 Å². The number of hydrogen-bond acceptors (Lipinski definition) is 10. The van der Waals surface area contributed by atoms with E-state index in [0.29, 0.717) is 17.3 Å². The molecule has 10 rings (SSSR count). The highest BCUT2D eigenvalue weighted by Crippen LogP contribution is 2.39. The predicted molar refractivity (Wildman–Crippen MR) is 243 cm³/mol. The molecule has 0 radical (unpaired) electrons. The lowest BCUT2D eigenvalue weighted by atomic mass is 9.96. The Hall–Kier alpha value is -8.59. The van der Waals surface area contributed by atoms with E-state index >= 15 is 0 Å². The number of allylic oxidation sites excluding steroid dienone is 2. The largest absolute Gasteiger partial charge is 0.509 e. The van der Waals surface area contributed by atoms with Crippen LogP contribution in [0, 0.1) is 0 Å². The summed E-state index contributed by atoms with van der Waals surface area (Å²) in [6.45, 7) is 1.21. The second kappa shape index (κ2) is 15.2. The summed E-state index contributed by atoms with van der Waals surface area (Å²) in [5.41, 5.74) is 9.16. The Balaban J connectivity index is 0.995. The maximum atomic E-state index is 11.0. The molecule has 0 saturated heterocycles. The number of aliphatic imine (C=N–C) groups is 2. The highest BCUT2D eigenvalue weighted by Gasteiger charge is 2.26. The molecule has 1 aliphatic rings. The van der Waals surface area contributed by atoms with Crippen LogP contribution in [0.5, 0.6) is 0 Å². The number of aliphatic hydroxyl groups is 4. The van der Waals surface area contributed by atoms with Crippen LogP contribution in [0.25, 0.3) is 71.7 Å². The molecule has 1 unspecified atom stereocenters. The molecule has 0 aliphatic carbocycles. The average molecular weight is 814 g/mol. The number of rotatable bonds is 8. The predicted octanol–water partition coefficient (Wildman–Crippen LogP) is 12.2. The molecular formula is C52H35N3O7. The lowest BCUT2D eigenvalue weighted by Crippen LogP contribution is -2.36. The van der Waals surface area contributed by atoms with E-state index in [1.807, 2.05) is 103 Å². The van der Waals surface area contributed by atoms with Crippen molar-refractivity contribution in [3.05, 3.63) is 203 Å². The third-order valence-corrected chi connectivity index (χ3v) is 11.1. The first-order valence-corrected chi connectivity index (χ1v) is 19.8. The number of aliphatic hydroxyl groups excluding tert-OH is 4. The first-order chi connectivity index (χ1) is 30.2. The van der Waals surface area contributed by atoms with Gasteiger partial charge in [-0.3, -0.25) is 0 Å². The number of fused-ring (bicyclic) bond motifs is 6. The second-order valence-corrected chi connectivity index (χ2v) is 14.9. The van der Waals surface area contributed by atoms with Crippen molar-refractivity contribution in [1.29, 1.82) is 0 Å². The van der Waals surface area contributed by atoms with Gasteiger partial charge >= 0.3 is 0 Å². The van der Waals surface area contributed by atoms with Gasteiger partial charge in [0.15, 0.2) is 23.6 Å². The van der Waals surface area contributed by atoms with Crippen LogP contribution in [0.4, 0.5) is 0 Å². The van der Waals surface area contributed by atoms with Crippen molar-refractivity contribution < 1.29 is 34.1 Å². The summed E-state index contributed by atoms with van der Waals surface area (Å²) < 4.78 is 13.1. The summed E-state index contributed by atoms with van der Waals surface area (Å²) in [6, 6.07) is 51.1. The quantitative estimate of drug-likeness (QED) is 0.0575. The molecule has 7 aromatic carbocycles. The third-order valence-electron chi connectivity index (χ3n) is 11.1. The SMILES string of the molecule is C/C(O)=C(O)\C(=C(\O)C(O)=C=O)c1ccc(-c2ccc(-c3ccc4c(c3)oc3c(C5N=C(c6ccccc6)NC(c6cccc7c6oc6ccccc67)=N5)cccc34)cc2)cc1. The Kier molecular flexibility index (Phi) is 9.24. The zero-order chi connectivity index (χ0) is 42.5. The molecule has 2 aromatic heterocycles. The minimum absolute atomic E-state index is 0.258. The van der Waals surface area contributed by atoms with Gasteiger partial charge in [0.05, 0.1) is 11.1 Å². The van der Waals surface area contributed by atoms with Crippen molar-refractivity contribution in [2.24, 2.45) is 9.98 Å². The van der Waals surface area contributed by atoms with Gasteiger partial charge < -0.3 is 34.6 Å². The summed E-state index contributed by atoms with van der Waals surface area (Å²) in [4.78, 5) is 21.4. The van der Waals surface area contributed by atoms with E-state index in [2.05, 4.69) is 35.6 Å². The van der Waals surface area contributed by atoms with E-state index in [1.54, 1.807) is 24.3 Å². The Bertz CT molecular complexity index is 3420. The standard InChI is InChI=1S/C52H35N3O7/c1-29(57)46(59)45(47(60)42(58)28-56)33-23-21-31(22-24-33)30-17-19-32(20-18-30)35-25-26-37-39-13-8-15-41(49(39)62-44(37)27-35)52-54-50(34-9-3-2-4-10-34)53-51(55-52)40-14-7-12-38-36-11-5-6-16-43(36)61-48(38)40/h2-27,52,57-60H,1H3,(H,53,54,55)/b46-29-,47-45+. The van der Waals surface area contributed by atoms with Crippen LogP contribution in [0.1, 0.15) is 35.3 Å². The third kappa shape index (κ3) is 6.53. The van der Waals surface area contributed by atoms with Gasteiger partial charge in [0.1, 0.15) is 39.8 Å². The van der Waals surface area contributed by atoms with Crippen molar-refractivity contribution in [3.63, 3.8) is 0 Å². The van der Waals surface area contributed by atoms with Gasteiger partial charge in [-0.15, -0.1) is 0 Å². The fourth-order valence-corrected chi connectivity index (χ4v) is 8.02. The molecule has 1 aliphatic heterocycles. The fourth-order valence-electron chi connectivity index (χ4n) is 8.02. The van der Waals surface area contributed by atoms with Gasteiger partial charge in [-0.25, -0.2) is 14.8 Å². The Labute approximate surface area is 353 Å². The van der Waals surface area contributed by atoms with Crippen LogP contribution in [-0.4, -0.2) is 38.0 Å². The summed E-state index contributed by atoms with van der Waals surface area (Å²) >= 11 is 0. The monoisotopic (exact) mass is 813 g/mol. The first-order valence-electron chi connectivity index (χ1n) is 19.8. The van der Waals surface area contributed by atoms with Gasteiger partial charge in [-0.2, -0.15) is 0 Å². The van der Waals surface area contributed by atoms with Gasteiger partial charge in [-0.1, -0.05) is 133 Å². The zero-order valence-corrected chi connectivity index (χ0v) is 33.0. The number of furan rings is 2. The smallest absolute Gasteiger partial charge is 0.244 e. The van der Waals surface area contributed by atoms with Crippen LogP contribution < -0.4 is 5.32 Å². The molecule has 5 N–H and O–H groups in total. The maximum absolute atomic E-state index is 11.0. The molecule has 0 saturated carbocycles. The van der Waals surface area contributed by atoms with Crippen LogP contribution in [0.2, 0.25) is 0 Å². The highest BCUT2D eigenvalue weighted by molar-refractivity contribution is 6.21. The number of carbonyl (C=O) groups excluding carboxylic acids is 1. The molecule has 0 amide bonds.